The Hall–Kier alpha value is -3.47. The van der Waals surface area contributed by atoms with Crippen molar-refractivity contribution < 1.29 is 27.4 Å². The minimum absolute atomic E-state index is 0.0225. The number of aromatic nitrogens is 2. The number of nitrogens with zero attached hydrogens (tertiary/aromatic N) is 3. The Bertz CT molecular complexity index is 1840. The van der Waals surface area contributed by atoms with Crippen molar-refractivity contribution in [2.24, 2.45) is 17.8 Å². The second-order valence-corrected chi connectivity index (χ2v) is 16.5. The molecule has 0 saturated heterocycles. The van der Waals surface area contributed by atoms with Gasteiger partial charge in [0.2, 0.25) is 15.0 Å². The number of aryl methyl sites for hydroxylation is 1. The summed E-state index contributed by atoms with van der Waals surface area (Å²) in [7, 11) is -0.343. The zero-order chi connectivity index (χ0) is 34.2. The second kappa shape index (κ2) is 14.0. The zero-order valence-electron chi connectivity index (χ0n) is 28.1. The van der Waals surface area contributed by atoms with Crippen LogP contribution in [0.2, 0.25) is 5.02 Å². The van der Waals surface area contributed by atoms with Crippen molar-refractivity contribution in [1.29, 1.82) is 0 Å². The number of ether oxygens (including phenoxy) is 3. The van der Waals surface area contributed by atoms with Gasteiger partial charge < -0.3 is 19.1 Å². The maximum absolute atomic E-state index is 12.9. The normalized spacial score (nSPS) is 25.6. The van der Waals surface area contributed by atoms with Crippen LogP contribution in [0.25, 0.3) is 0 Å². The fourth-order valence-corrected chi connectivity index (χ4v) is 10.3. The van der Waals surface area contributed by atoms with Gasteiger partial charge in [0.15, 0.2) is 0 Å². The minimum Gasteiger partial charge on any atom is -0.490 e. The Labute approximate surface area is 293 Å². The van der Waals surface area contributed by atoms with Crippen molar-refractivity contribution in [3.63, 3.8) is 0 Å². The summed E-state index contributed by atoms with van der Waals surface area (Å²) >= 11 is 6.45. The van der Waals surface area contributed by atoms with Gasteiger partial charge in [0.05, 0.1) is 36.8 Å². The van der Waals surface area contributed by atoms with Crippen LogP contribution < -0.4 is 9.64 Å². The smallest absolute Gasteiger partial charge is 0.337 e. The molecule has 5 atom stereocenters. The van der Waals surface area contributed by atoms with Gasteiger partial charge in [-0.2, -0.15) is 0 Å². The molecular weight excluding hydrogens is 662 g/mol. The van der Waals surface area contributed by atoms with Crippen LogP contribution in [0.15, 0.2) is 71.7 Å². The molecule has 260 valence electrons. The molecule has 9 nitrogen and oxygen atoms in total. The van der Waals surface area contributed by atoms with E-state index < -0.39 is 9.84 Å². The molecule has 1 unspecified atom stereocenters. The molecule has 0 bridgehead atoms. The lowest BCUT2D eigenvalue weighted by Crippen LogP contribution is -2.50. The third kappa shape index (κ3) is 6.84. The number of benzene rings is 2. The minimum atomic E-state index is -3.54. The van der Waals surface area contributed by atoms with Gasteiger partial charge in [0, 0.05) is 43.0 Å². The molecule has 3 aromatic rings. The van der Waals surface area contributed by atoms with Gasteiger partial charge in [0.1, 0.15) is 5.75 Å². The van der Waals surface area contributed by atoms with Crippen molar-refractivity contribution in [2.45, 2.75) is 68.0 Å². The van der Waals surface area contributed by atoms with Gasteiger partial charge in [-0.05, 0) is 122 Å². The van der Waals surface area contributed by atoms with E-state index in [-0.39, 0.29) is 34.3 Å². The summed E-state index contributed by atoms with van der Waals surface area (Å²) in [5, 5.41) is 0.657. The van der Waals surface area contributed by atoms with Gasteiger partial charge in [-0.15, -0.1) is 0 Å². The van der Waals surface area contributed by atoms with Crippen molar-refractivity contribution >= 4 is 33.1 Å². The molecule has 4 aliphatic rings. The van der Waals surface area contributed by atoms with Crippen LogP contribution >= 0.6 is 11.6 Å². The van der Waals surface area contributed by atoms with Gasteiger partial charge in [0.25, 0.3) is 0 Å². The lowest BCUT2D eigenvalue weighted by molar-refractivity contribution is 0.00323. The summed E-state index contributed by atoms with van der Waals surface area (Å²) in [5.41, 5.74) is 5.07. The van der Waals surface area contributed by atoms with E-state index in [0.717, 1.165) is 74.5 Å². The number of carbonyl (C=O) groups is 1. The second-order valence-electron chi connectivity index (χ2n) is 14.2. The van der Waals surface area contributed by atoms with E-state index in [9.17, 15) is 13.2 Å². The molecule has 1 aliphatic heterocycles. The number of anilines is 1. The van der Waals surface area contributed by atoms with E-state index in [0.29, 0.717) is 30.4 Å². The molecule has 0 radical (unpaired) electrons. The summed E-state index contributed by atoms with van der Waals surface area (Å²) in [4.78, 5) is 23.0. The Kier molecular flexibility index (Phi) is 9.74. The number of methoxy groups -OCH3 is 2. The number of allylic oxidation sites excluding steroid dienone is 1. The summed E-state index contributed by atoms with van der Waals surface area (Å²) in [6.07, 6.45) is 12.6. The van der Waals surface area contributed by atoms with Gasteiger partial charge in [-0.1, -0.05) is 23.7 Å². The molecule has 2 heterocycles. The lowest BCUT2D eigenvalue weighted by atomic mass is 9.66. The highest BCUT2D eigenvalue weighted by Crippen LogP contribution is 2.48. The lowest BCUT2D eigenvalue weighted by Gasteiger charge is -2.47. The van der Waals surface area contributed by atoms with Crippen molar-refractivity contribution in [2.75, 3.05) is 44.6 Å². The first-order valence-corrected chi connectivity index (χ1v) is 19.3. The molecule has 2 aromatic carbocycles. The Morgan fingerprint density at radius 3 is 2.65 bits per heavy atom. The number of halogens is 1. The topological polar surface area (TPSA) is 108 Å². The van der Waals surface area contributed by atoms with E-state index in [1.54, 1.807) is 19.2 Å². The number of carbonyl (C=O) groups excluding carboxylic acids is 1. The molecule has 1 spiro atoms. The third-order valence-electron chi connectivity index (χ3n) is 11.2. The highest BCUT2D eigenvalue weighted by atomic mass is 35.5. The molecule has 49 heavy (non-hydrogen) atoms. The number of esters is 1. The third-order valence-corrected chi connectivity index (χ3v) is 13.1. The molecule has 0 amide bonds. The molecule has 3 aliphatic carbocycles. The maximum Gasteiger partial charge on any atom is 0.337 e. The van der Waals surface area contributed by atoms with Crippen molar-refractivity contribution in [3.05, 3.63) is 88.2 Å². The average molecular weight is 706 g/mol. The fourth-order valence-electron chi connectivity index (χ4n) is 8.61. The number of hydrogen-bond acceptors (Lipinski definition) is 9. The zero-order valence-corrected chi connectivity index (χ0v) is 29.7. The molecule has 7 rings (SSSR count). The first kappa shape index (κ1) is 34.0. The van der Waals surface area contributed by atoms with E-state index in [1.165, 1.54) is 36.2 Å². The monoisotopic (exact) mass is 705 g/mol. The molecule has 1 saturated carbocycles. The van der Waals surface area contributed by atoms with Crippen LogP contribution in [0.3, 0.4) is 0 Å². The first-order valence-electron chi connectivity index (χ1n) is 17.3. The van der Waals surface area contributed by atoms with Crippen LogP contribution in [0, 0.1) is 17.8 Å². The van der Waals surface area contributed by atoms with Crippen LogP contribution in [-0.4, -0.2) is 70.1 Å². The molecular formula is C38H44ClN3O6S. The summed E-state index contributed by atoms with van der Waals surface area (Å²) in [6.45, 7) is 2.13. The summed E-state index contributed by atoms with van der Waals surface area (Å²) < 4.78 is 43.8. The Morgan fingerprint density at radius 2 is 1.94 bits per heavy atom. The number of rotatable bonds is 9. The summed E-state index contributed by atoms with van der Waals surface area (Å²) in [5.74, 6) is 1.19. The quantitative estimate of drug-likeness (QED) is 0.138. The number of hydrogen-bond donors (Lipinski definition) is 0. The van der Waals surface area contributed by atoms with Crippen LogP contribution in [-0.2, 0) is 31.1 Å². The fraction of sp³-hybridized carbons (Fsp3) is 0.500. The van der Waals surface area contributed by atoms with Crippen molar-refractivity contribution in [3.8, 4) is 5.75 Å². The van der Waals surface area contributed by atoms with Crippen LogP contribution in [0.1, 0.15) is 66.4 Å². The SMILES string of the molecule is COC(=O)c1ccc2c(c1)N(C[C@@H]1CC[C@H]1C(OC)C1=CC[C@@H](CS(=O)(=O)c3ncccn3)CC1)C[C@@]1(CCCc3cc(Cl)ccc31)CO2. The predicted molar refractivity (Wildman–Crippen MR) is 188 cm³/mol. The van der Waals surface area contributed by atoms with Crippen LogP contribution in [0.4, 0.5) is 5.69 Å². The molecule has 1 aromatic heterocycles. The van der Waals surface area contributed by atoms with Crippen molar-refractivity contribution in [1.82, 2.24) is 9.97 Å². The van der Waals surface area contributed by atoms with Crippen LogP contribution in [0.5, 0.6) is 5.75 Å². The largest absolute Gasteiger partial charge is 0.490 e. The van der Waals surface area contributed by atoms with E-state index in [4.69, 9.17) is 25.8 Å². The standard InChI is InChI=1S/C38H44ClN3O6S/c1-46-35(26-8-6-25(7-9-26)22-49(44,45)37-40-17-4-18-41-37)31-13-10-29(31)21-42-23-38(16-3-5-27-19-30(39)12-14-32(27)38)24-48-34-15-11-28(20-33(34)42)36(43)47-2/h4,8,11-12,14-15,17-20,25,29,31,35H,3,5-7,9-10,13,16,21-24H2,1-2H3/t25-,29+,31-,35?,38+/m1/s1. The van der Waals surface area contributed by atoms with E-state index in [2.05, 4.69) is 33.1 Å². The van der Waals surface area contributed by atoms with Gasteiger partial charge in [-0.25, -0.2) is 23.2 Å². The number of fused-ring (bicyclic) bond motifs is 3. The van der Waals surface area contributed by atoms with Gasteiger partial charge >= 0.3 is 5.97 Å². The highest BCUT2D eigenvalue weighted by Gasteiger charge is 2.45. The molecule has 0 N–H and O–H groups in total. The average Bonchev–Trinajstić information content (AvgIpc) is 3.26. The summed E-state index contributed by atoms with van der Waals surface area (Å²) in [6, 6.07) is 13.5. The predicted octanol–water partition coefficient (Wildman–Crippen LogP) is 6.63. The maximum atomic E-state index is 12.9. The number of sulfone groups is 1. The first-order chi connectivity index (χ1) is 23.7. The Morgan fingerprint density at radius 1 is 1.10 bits per heavy atom. The highest BCUT2D eigenvalue weighted by molar-refractivity contribution is 7.91. The molecule has 1 fully saturated rings. The van der Waals surface area contributed by atoms with E-state index in [1.807, 2.05) is 18.2 Å². The van der Waals surface area contributed by atoms with E-state index >= 15 is 0 Å². The molecule has 11 heteroatoms. The van der Waals surface area contributed by atoms with Gasteiger partial charge in [-0.3, -0.25) is 0 Å². The Balaban J connectivity index is 1.12.